The summed E-state index contributed by atoms with van der Waals surface area (Å²) in [5.74, 6) is 2.82. The molecule has 0 aliphatic carbocycles. The molecule has 1 aliphatic heterocycles. The van der Waals surface area contributed by atoms with Crippen LogP contribution in [0.3, 0.4) is 0 Å². The van der Waals surface area contributed by atoms with Gasteiger partial charge in [-0.2, -0.15) is 9.29 Å². The van der Waals surface area contributed by atoms with Crippen molar-refractivity contribution in [2.75, 3.05) is 20.2 Å². The van der Waals surface area contributed by atoms with E-state index in [0.29, 0.717) is 64.5 Å². The van der Waals surface area contributed by atoms with Gasteiger partial charge in [0.25, 0.3) is 5.89 Å². The van der Waals surface area contributed by atoms with E-state index in [1.54, 1.807) is 35.7 Å². The number of nitrogens with zero attached hydrogens (tertiary/aromatic N) is 3. The molecule has 202 valence electrons. The summed E-state index contributed by atoms with van der Waals surface area (Å²) in [7, 11) is -2.05. The number of methoxy groups -OCH3 is 1. The highest BCUT2D eigenvalue weighted by Gasteiger charge is 2.32. The van der Waals surface area contributed by atoms with Crippen molar-refractivity contribution in [2.45, 2.75) is 52.0 Å². The number of benzene rings is 2. The number of sulfonamides is 1. The van der Waals surface area contributed by atoms with Gasteiger partial charge >= 0.3 is 0 Å². The number of ether oxygens (including phenoxy) is 2. The second kappa shape index (κ2) is 10.1. The fourth-order valence-electron chi connectivity index (χ4n) is 5.11. The third kappa shape index (κ3) is 4.90. The van der Waals surface area contributed by atoms with Crippen molar-refractivity contribution in [1.82, 2.24) is 14.4 Å². The van der Waals surface area contributed by atoms with Crippen molar-refractivity contribution in [3.8, 4) is 34.5 Å². The first-order valence-corrected chi connectivity index (χ1v) is 14.2. The van der Waals surface area contributed by atoms with E-state index in [1.807, 2.05) is 32.9 Å². The minimum atomic E-state index is -3.62. The van der Waals surface area contributed by atoms with Crippen LogP contribution >= 0.6 is 0 Å². The maximum atomic E-state index is 13.4. The standard InChI is InChI=1S/C28H33N3O6S/c1-16(2)35-24-9-7-20(12-25(24)34-6)27-29-28(37-30-27)26-19(5)22-13-21(8-10-23(22)36-26)38(32,33)31-14-17(3)11-18(4)15-31/h7-10,12-13,16-18H,11,14-15H2,1-6H3/t17-,18+. The predicted octanol–water partition coefficient (Wildman–Crippen LogP) is 5.92. The molecule has 2 atom stereocenters. The monoisotopic (exact) mass is 539 g/mol. The molecule has 38 heavy (non-hydrogen) atoms. The van der Waals surface area contributed by atoms with Crippen molar-refractivity contribution in [3.63, 3.8) is 0 Å². The van der Waals surface area contributed by atoms with E-state index in [0.717, 1.165) is 12.0 Å². The highest BCUT2D eigenvalue weighted by molar-refractivity contribution is 7.89. The van der Waals surface area contributed by atoms with Crippen molar-refractivity contribution >= 4 is 21.0 Å². The van der Waals surface area contributed by atoms with Crippen molar-refractivity contribution < 1.29 is 26.8 Å². The zero-order valence-electron chi connectivity index (χ0n) is 22.5. The minimum Gasteiger partial charge on any atom is -0.493 e. The van der Waals surface area contributed by atoms with E-state index >= 15 is 0 Å². The lowest BCUT2D eigenvalue weighted by Crippen LogP contribution is -2.42. The van der Waals surface area contributed by atoms with Gasteiger partial charge in [-0.15, -0.1) is 0 Å². The molecule has 1 fully saturated rings. The molecule has 0 N–H and O–H groups in total. The van der Waals surface area contributed by atoms with E-state index in [4.69, 9.17) is 18.4 Å². The van der Waals surface area contributed by atoms with Crippen LogP contribution < -0.4 is 9.47 Å². The molecule has 3 heterocycles. The number of fused-ring (bicyclic) bond motifs is 1. The molecule has 5 rings (SSSR count). The number of aromatic nitrogens is 2. The fraction of sp³-hybridized carbons (Fsp3) is 0.429. The smallest absolute Gasteiger partial charge is 0.294 e. The van der Waals surface area contributed by atoms with Gasteiger partial charge in [0, 0.05) is 29.6 Å². The normalized spacial score (nSPS) is 18.8. The van der Waals surface area contributed by atoms with Crippen LogP contribution in [-0.2, 0) is 10.0 Å². The first-order chi connectivity index (χ1) is 18.1. The van der Waals surface area contributed by atoms with Crippen LogP contribution in [0.2, 0.25) is 0 Å². The minimum absolute atomic E-state index is 0.00469. The molecule has 0 bridgehead atoms. The summed E-state index contributed by atoms with van der Waals surface area (Å²) >= 11 is 0. The van der Waals surface area contributed by atoms with Crippen LogP contribution in [0.1, 0.15) is 39.7 Å². The molecule has 9 nitrogen and oxygen atoms in total. The van der Waals surface area contributed by atoms with Crippen LogP contribution in [0, 0.1) is 18.8 Å². The molecule has 2 aromatic carbocycles. The van der Waals surface area contributed by atoms with Crippen LogP contribution in [0.5, 0.6) is 11.5 Å². The SMILES string of the molecule is COc1cc(-c2noc(-c3oc4ccc(S(=O)(=O)N5C[C@H](C)C[C@H](C)C5)cc4c3C)n2)ccc1OC(C)C. The van der Waals surface area contributed by atoms with Gasteiger partial charge in [-0.25, -0.2) is 8.42 Å². The lowest BCUT2D eigenvalue weighted by Gasteiger charge is -2.34. The van der Waals surface area contributed by atoms with Crippen molar-refractivity contribution in [2.24, 2.45) is 11.8 Å². The van der Waals surface area contributed by atoms with E-state index in [2.05, 4.69) is 24.0 Å². The van der Waals surface area contributed by atoms with Gasteiger partial charge < -0.3 is 18.4 Å². The van der Waals surface area contributed by atoms with Crippen molar-refractivity contribution in [3.05, 3.63) is 42.0 Å². The van der Waals surface area contributed by atoms with E-state index in [-0.39, 0.29) is 16.9 Å². The molecule has 1 saturated heterocycles. The van der Waals surface area contributed by atoms with Crippen LogP contribution in [0.25, 0.3) is 34.0 Å². The summed E-state index contributed by atoms with van der Waals surface area (Å²) in [6, 6.07) is 10.4. The second-order valence-electron chi connectivity index (χ2n) is 10.4. The highest BCUT2D eigenvalue weighted by Crippen LogP contribution is 2.37. The third-order valence-corrected chi connectivity index (χ3v) is 8.61. The Bertz CT molecular complexity index is 1560. The molecule has 10 heteroatoms. The average Bonchev–Trinajstić information content (AvgIpc) is 3.48. The van der Waals surface area contributed by atoms with Gasteiger partial charge in [0.05, 0.1) is 18.1 Å². The van der Waals surface area contributed by atoms with E-state index in [1.165, 1.54) is 0 Å². The number of rotatable bonds is 7. The lowest BCUT2D eigenvalue weighted by atomic mass is 9.94. The van der Waals surface area contributed by atoms with Crippen LogP contribution in [0.4, 0.5) is 0 Å². The average molecular weight is 540 g/mol. The summed E-state index contributed by atoms with van der Waals surface area (Å²) in [5, 5.41) is 4.82. The third-order valence-electron chi connectivity index (χ3n) is 6.79. The van der Waals surface area contributed by atoms with Gasteiger partial charge in [0.2, 0.25) is 15.8 Å². The largest absolute Gasteiger partial charge is 0.493 e. The van der Waals surface area contributed by atoms with Gasteiger partial charge in [-0.05, 0) is 75.4 Å². The first-order valence-electron chi connectivity index (χ1n) is 12.8. The predicted molar refractivity (Wildman–Crippen MR) is 144 cm³/mol. The number of aryl methyl sites for hydroxylation is 1. The molecule has 2 aromatic heterocycles. The summed E-state index contributed by atoms with van der Waals surface area (Å²) in [4.78, 5) is 4.79. The maximum absolute atomic E-state index is 13.4. The Morgan fingerprint density at radius 2 is 1.79 bits per heavy atom. The molecule has 0 radical (unpaired) electrons. The topological polar surface area (TPSA) is 108 Å². The van der Waals surface area contributed by atoms with Crippen LogP contribution in [-0.4, -0.2) is 49.2 Å². The fourth-order valence-corrected chi connectivity index (χ4v) is 6.81. The first kappa shape index (κ1) is 26.2. The number of furan rings is 1. The van der Waals surface area contributed by atoms with Gasteiger partial charge in [0.1, 0.15) is 5.58 Å². The number of hydrogen-bond acceptors (Lipinski definition) is 8. The zero-order valence-corrected chi connectivity index (χ0v) is 23.3. The molecule has 0 amide bonds. The molecular formula is C28H33N3O6S. The number of piperidine rings is 1. The zero-order chi connectivity index (χ0) is 27.2. The van der Waals surface area contributed by atoms with Crippen molar-refractivity contribution in [1.29, 1.82) is 0 Å². The van der Waals surface area contributed by atoms with E-state index < -0.39 is 10.0 Å². The Morgan fingerprint density at radius 3 is 2.47 bits per heavy atom. The second-order valence-corrected chi connectivity index (χ2v) is 12.4. The Kier molecular flexibility index (Phi) is 6.96. The summed E-state index contributed by atoms with van der Waals surface area (Å²) in [6.07, 6.45) is 1.04. The van der Waals surface area contributed by atoms with Gasteiger partial charge in [-0.3, -0.25) is 0 Å². The molecule has 4 aromatic rings. The summed E-state index contributed by atoms with van der Waals surface area (Å²) in [5.41, 5.74) is 1.97. The number of hydrogen-bond donors (Lipinski definition) is 0. The summed E-state index contributed by atoms with van der Waals surface area (Å²) < 4.78 is 51.3. The Balaban J connectivity index is 1.46. The molecule has 1 aliphatic rings. The maximum Gasteiger partial charge on any atom is 0.294 e. The molecule has 0 saturated carbocycles. The van der Waals surface area contributed by atoms with Gasteiger partial charge in [0.15, 0.2) is 17.3 Å². The highest BCUT2D eigenvalue weighted by atomic mass is 32.2. The van der Waals surface area contributed by atoms with Gasteiger partial charge in [-0.1, -0.05) is 19.0 Å². The van der Waals surface area contributed by atoms with E-state index in [9.17, 15) is 8.42 Å². The molecule has 0 unspecified atom stereocenters. The quantitative estimate of drug-likeness (QED) is 0.285. The lowest BCUT2D eigenvalue weighted by molar-refractivity contribution is 0.222. The molecule has 0 spiro atoms. The summed E-state index contributed by atoms with van der Waals surface area (Å²) in [6.45, 7) is 11.0. The Labute approximate surface area is 222 Å². The Morgan fingerprint density at radius 1 is 1.05 bits per heavy atom. The Hall–Kier alpha value is -3.37. The molecular weight excluding hydrogens is 506 g/mol. The van der Waals surface area contributed by atoms with Crippen LogP contribution in [0.15, 0.2) is 50.2 Å².